The molecule has 3 rings (SSSR count). The first-order valence-electron chi connectivity index (χ1n) is 11.7. The Hall–Kier alpha value is -4.62. The minimum Gasteiger partial charge on any atom is -0.370 e. The fourth-order valence-electron chi connectivity index (χ4n) is 4.29. The average molecular weight is 514 g/mol. The van der Waals surface area contributed by atoms with Crippen LogP contribution in [-0.2, 0) is 4.79 Å². The lowest BCUT2D eigenvalue weighted by Gasteiger charge is -2.36. The van der Waals surface area contributed by atoms with Crippen molar-refractivity contribution in [1.29, 1.82) is 0 Å². The van der Waals surface area contributed by atoms with Gasteiger partial charge >= 0.3 is 5.69 Å². The number of anilines is 2. The third-order valence-electron chi connectivity index (χ3n) is 6.19. The number of benzene rings is 2. The van der Waals surface area contributed by atoms with Gasteiger partial charge in [-0.05, 0) is 38.8 Å². The van der Waals surface area contributed by atoms with Crippen molar-refractivity contribution in [3.8, 4) is 0 Å². The van der Waals surface area contributed by atoms with Crippen molar-refractivity contribution < 1.29 is 19.6 Å². The molecule has 1 aliphatic rings. The van der Waals surface area contributed by atoms with Crippen LogP contribution in [0.1, 0.15) is 32.3 Å². The smallest absolute Gasteiger partial charge is 0.301 e. The van der Waals surface area contributed by atoms with E-state index in [1.54, 1.807) is 11.0 Å². The molecule has 0 saturated carbocycles. The highest BCUT2D eigenvalue weighted by Crippen LogP contribution is 2.31. The normalized spacial score (nSPS) is 15.4. The molecule has 1 N–H and O–H groups in total. The molecule has 2 aromatic rings. The summed E-state index contributed by atoms with van der Waals surface area (Å²) in [5.41, 5.74) is 2.27. The van der Waals surface area contributed by atoms with Gasteiger partial charge in [-0.1, -0.05) is 0 Å². The maximum absolute atomic E-state index is 12.9. The second-order valence-electron chi connectivity index (χ2n) is 8.38. The van der Waals surface area contributed by atoms with Crippen molar-refractivity contribution in [1.82, 2.24) is 4.90 Å². The first-order chi connectivity index (χ1) is 17.7. The van der Waals surface area contributed by atoms with Gasteiger partial charge in [-0.3, -0.25) is 40.6 Å². The van der Waals surface area contributed by atoms with Crippen LogP contribution >= 0.6 is 0 Å². The lowest BCUT2D eigenvalue weighted by molar-refractivity contribution is -0.393. The van der Waals surface area contributed by atoms with Gasteiger partial charge in [-0.2, -0.15) is 5.10 Å². The molecule has 0 bridgehead atoms. The van der Waals surface area contributed by atoms with Crippen molar-refractivity contribution in [3.63, 3.8) is 0 Å². The lowest BCUT2D eigenvalue weighted by Crippen LogP contribution is -2.45. The Labute approximate surface area is 212 Å². The summed E-state index contributed by atoms with van der Waals surface area (Å²) in [6, 6.07) is 7.38. The molecule has 1 heterocycles. The molecular formula is C23H27N7O7. The summed E-state index contributed by atoms with van der Waals surface area (Å²) in [5.74, 6) is -0.145. The van der Waals surface area contributed by atoms with Gasteiger partial charge in [0.2, 0.25) is 5.91 Å². The first-order valence-corrected chi connectivity index (χ1v) is 11.7. The van der Waals surface area contributed by atoms with Crippen molar-refractivity contribution in [2.24, 2.45) is 11.0 Å². The van der Waals surface area contributed by atoms with Gasteiger partial charge in [0, 0.05) is 55.6 Å². The van der Waals surface area contributed by atoms with Crippen LogP contribution in [0.3, 0.4) is 0 Å². The second kappa shape index (κ2) is 11.9. The zero-order valence-corrected chi connectivity index (χ0v) is 20.4. The van der Waals surface area contributed by atoms with E-state index in [-0.39, 0.29) is 23.2 Å². The van der Waals surface area contributed by atoms with E-state index in [1.807, 2.05) is 18.7 Å². The molecule has 0 aliphatic carbocycles. The molecule has 0 aromatic heterocycles. The molecule has 0 spiro atoms. The molecule has 1 fully saturated rings. The third kappa shape index (κ3) is 6.34. The van der Waals surface area contributed by atoms with Crippen LogP contribution in [0.5, 0.6) is 0 Å². The number of non-ortho nitro benzene ring substituents is 2. The molecular weight excluding hydrogens is 486 g/mol. The van der Waals surface area contributed by atoms with E-state index in [2.05, 4.69) is 10.5 Å². The standard InChI is InChI=1S/C23H27N7O7/c1-3-26(4-2)23(31)16-6-5-11-27(15-16)21-10-8-18(28(32)33)12-17(21)14-24-25-20-9-7-19(29(34)35)13-22(20)30(36)37/h7-10,12-14,16,25H,3-6,11,15H2,1-2H3/b24-14+. The van der Waals surface area contributed by atoms with Crippen molar-refractivity contribution in [2.45, 2.75) is 26.7 Å². The van der Waals surface area contributed by atoms with Crippen LogP contribution in [0.25, 0.3) is 0 Å². The summed E-state index contributed by atoms with van der Waals surface area (Å²) < 4.78 is 0. The summed E-state index contributed by atoms with van der Waals surface area (Å²) in [6.45, 7) is 6.16. The Kier molecular flexibility index (Phi) is 8.66. The Morgan fingerprint density at radius 2 is 1.70 bits per heavy atom. The number of piperidine rings is 1. The Morgan fingerprint density at radius 1 is 1.05 bits per heavy atom. The van der Waals surface area contributed by atoms with E-state index in [0.29, 0.717) is 37.4 Å². The Morgan fingerprint density at radius 3 is 2.32 bits per heavy atom. The van der Waals surface area contributed by atoms with Crippen LogP contribution in [0.4, 0.5) is 28.4 Å². The average Bonchev–Trinajstić information content (AvgIpc) is 2.89. The second-order valence-corrected chi connectivity index (χ2v) is 8.38. The molecule has 37 heavy (non-hydrogen) atoms. The monoisotopic (exact) mass is 513 g/mol. The third-order valence-corrected chi connectivity index (χ3v) is 6.19. The molecule has 0 radical (unpaired) electrons. The fraction of sp³-hybridized carbons (Fsp3) is 0.391. The van der Waals surface area contributed by atoms with Crippen LogP contribution in [0.15, 0.2) is 41.5 Å². The number of nitro groups is 3. The highest BCUT2D eigenvalue weighted by Gasteiger charge is 2.29. The van der Waals surface area contributed by atoms with Gasteiger partial charge in [0.05, 0.1) is 33.0 Å². The van der Waals surface area contributed by atoms with Crippen LogP contribution in [-0.4, -0.2) is 58.0 Å². The topological polar surface area (TPSA) is 177 Å². The summed E-state index contributed by atoms with van der Waals surface area (Å²) in [7, 11) is 0. The molecule has 1 atom stereocenters. The maximum Gasteiger partial charge on any atom is 0.301 e. The summed E-state index contributed by atoms with van der Waals surface area (Å²) in [6.07, 6.45) is 2.80. The zero-order valence-electron chi connectivity index (χ0n) is 20.4. The number of hydrogen-bond acceptors (Lipinski definition) is 10. The number of nitrogens with zero attached hydrogens (tertiary/aromatic N) is 6. The number of rotatable bonds is 10. The highest BCUT2D eigenvalue weighted by molar-refractivity contribution is 5.90. The minimum atomic E-state index is -0.773. The number of nitrogens with one attached hydrogen (secondary N) is 1. The number of amides is 1. The fourth-order valence-corrected chi connectivity index (χ4v) is 4.29. The first kappa shape index (κ1) is 27.0. The number of hydrazone groups is 1. The van der Waals surface area contributed by atoms with Gasteiger partial charge in [-0.15, -0.1) is 0 Å². The van der Waals surface area contributed by atoms with Crippen LogP contribution in [0.2, 0.25) is 0 Å². The lowest BCUT2D eigenvalue weighted by atomic mass is 9.95. The number of hydrogen-bond donors (Lipinski definition) is 1. The summed E-state index contributed by atoms with van der Waals surface area (Å²) in [5, 5.41) is 37.7. The highest BCUT2D eigenvalue weighted by atomic mass is 16.6. The van der Waals surface area contributed by atoms with Crippen LogP contribution < -0.4 is 10.3 Å². The number of nitro benzene ring substituents is 3. The Bertz CT molecular complexity index is 1230. The zero-order chi connectivity index (χ0) is 27.1. The molecule has 14 heteroatoms. The van der Waals surface area contributed by atoms with Crippen LogP contribution in [0, 0.1) is 36.3 Å². The van der Waals surface area contributed by atoms with Crippen molar-refractivity contribution in [3.05, 3.63) is 72.3 Å². The summed E-state index contributed by atoms with van der Waals surface area (Å²) in [4.78, 5) is 48.3. The molecule has 1 amide bonds. The van der Waals surface area contributed by atoms with E-state index in [9.17, 15) is 35.1 Å². The van der Waals surface area contributed by atoms with Gasteiger partial charge in [0.25, 0.3) is 11.4 Å². The maximum atomic E-state index is 12.9. The molecule has 14 nitrogen and oxygen atoms in total. The van der Waals surface area contributed by atoms with Crippen molar-refractivity contribution >= 4 is 40.6 Å². The quantitative estimate of drug-likeness (QED) is 0.280. The number of carbonyl (C=O) groups excluding carboxylic acids is 1. The van der Waals surface area contributed by atoms with Gasteiger partial charge < -0.3 is 9.80 Å². The predicted octanol–water partition coefficient (Wildman–Crippen LogP) is 3.94. The van der Waals surface area contributed by atoms with E-state index in [4.69, 9.17) is 0 Å². The number of carbonyl (C=O) groups is 1. The van der Waals surface area contributed by atoms with Crippen molar-refractivity contribution in [2.75, 3.05) is 36.5 Å². The van der Waals surface area contributed by atoms with E-state index in [0.717, 1.165) is 31.0 Å². The molecule has 1 saturated heterocycles. The van der Waals surface area contributed by atoms with E-state index < -0.39 is 26.1 Å². The van der Waals surface area contributed by atoms with E-state index in [1.165, 1.54) is 18.3 Å². The van der Waals surface area contributed by atoms with Gasteiger partial charge in [0.15, 0.2) is 0 Å². The molecule has 2 aromatic carbocycles. The molecule has 1 unspecified atom stereocenters. The van der Waals surface area contributed by atoms with Gasteiger partial charge in [0.1, 0.15) is 5.69 Å². The predicted molar refractivity (Wildman–Crippen MR) is 137 cm³/mol. The van der Waals surface area contributed by atoms with Gasteiger partial charge in [-0.25, -0.2) is 0 Å². The Balaban J connectivity index is 1.89. The van der Waals surface area contributed by atoms with E-state index >= 15 is 0 Å². The molecule has 196 valence electrons. The summed E-state index contributed by atoms with van der Waals surface area (Å²) >= 11 is 0. The minimum absolute atomic E-state index is 0.0685. The largest absolute Gasteiger partial charge is 0.370 e. The molecule has 1 aliphatic heterocycles. The SMILES string of the molecule is CCN(CC)C(=O)C1CCCN(c2ccc([N+](=O)[O-])cc2/C=N/Nc2ccc([N+](=O)[O-])cc2[N+](=O)[O-])C1.